The van der Waals surface area contributed by atoms with E-state index in [1.807, 2.05) is 0 Å². The van der Waals surface area contributed by atoms with E-state index in [4.69, 9.17) is 5.73 Å². The van der Waals surface area contributed by atoms with Gasteiger partial charge in [0, 0.05) is 25.7 Å². The first-order chi connectivity index (χ1) is 6.67. The van der Waals surface area contributed by atoms with Crippen molar-refractivity contribution in [3.8, 4) is 0 Å². The van der Waals surface area contributed by atoms with Crippen molar-refractivity contribution in [3.63, 3.8) is 0 Å². The third kappa shape index (κ3) is 3.23. The fourth-order valence-corrected chi connectivity index (χ4v) is 2.39. The predicted molar refractivity (Wildman–Crippen MR) is 61.4 cm³/mol. The average Bonchev–Trinajstić information content (AvgIpc) is 2.53. The number of likely N-dealkylation sites (tertiary alicyclic amines) is 1. The van der Waals surface area contributed by atoms with E-state index < -0.39 is 0 Å². The topological polar surface area (TPSA) is 32.5 Å². The smallest absolute Gasteiger partial charge is 0.0212 e. The lowest BCUT2D eigenvalue weighted by Gasteiger charge is -2.28. The van der Waals surface area contributed by atoms with Crippen LogP contribution in [0.25, 0.3) is 0 Å². The van der Waals surface area contributed by atoms with Gasteiger partial charge < -0.3 is 15.5 Å². The normalized spacial score (nSPS) is 25.9. The second kappa shape index (κ2) is 5.69. The summed E-state index contributed by atoms with van der Waals surface area (Å²) in [5.41, 5.74) is 5.73. The van der Waals surface area contributed by atoms with Crippen LogP contribution in [0.15, 0.2) is 0 Å². The Bertz CT molecular complexity index is 157. The van der Waals surface area contributed by atoms with E-state index in [0.717, 1.165) is 18.9 Å². The molecular formula is C11H25N3. The van der Waals surface area contributed by atoms with Crippen LogP contribution in [-0.4, -0.2) is 56.1 Å². The number of nitrogens with zero attached hydrogens (tertiary/aromatic N) is 2. The highest BCUT2D eigenvalue weighted by Gasteiger charge is 2.22. The third-order valence-corrected chi connectivity index (χ3v) is 3.40. The molecule has 0 aromatic heterocycles. The van der Waals surface area contributed by atoms with E-state index in [0.29, 0.717) is 6.04 Å². The van der Waals surface area contributed by atoms with Gasteiger partial charge in [0.1, 0.15) is 0 Å². The highest BCUT2D eigenvalue weighted by Crippen LogP contribution is 2.16. The SMILES string of the molecule is CCC(CN)N(C)CC1CCN(C)C1. The summed E-state index contributed by atoms with van der Waals surface area (Å²) in [5.74, 6) is 0.852. The zero-order valence-corrected chi connectivity index (χ0v) is 9.87. The summed E-state index contributed by atoms with van der Waals surface area (Å²) in [6.07, 6.45) is 2.51. The summed E-state index contributed by atoms with van der Waals surface area (Å²) in [7, 11) is 4.42. The lowest BCUT2D eigenvalue weighted by atomic mass is 10.1. The molecule has 0 aromatic rings. The summed E-state index contributed by atoms with van der Waals surface area (Å²) >= 11 is 0. The molecule has 0 aromatic carbocycles. The third-order valence-electron chi connectivity index (χ3n) is 3.40. The standard InChI is InChI=1S/C11H25N3/c1-4-11(7-12)14(3)9-10-5-6-13(2)8-10/h10-11H,4-9,12H2,1-3H3. The second-order valence-electron chi connectivity index (χ2n) is 4.65. The second-order valence-corrected chi connectivity index (χ2v) is 4.65. The maximum atomic E-state index is 5.73. The Morgan fingerprint density at radius 2 is 2.29 bits per heavy atom. The van der Waals surface area contributed by atoms with Gasteiger partial charge >= 0.3 is 0 Å². The number of rotatable bonds is 5. The predicted octanol–water partition coefficient (Wildman–Crippen LogP) is 0.607. The molecule has 2 N–H and O–H groups in total. The summed E-state index contributed by atoms with van der Waals surface area (Å²) in [4.78, 5) is 4.85. The molecule has 0 spiro atoms. The van der Waals surface area contributed by atoms with Crippen LogP contribution in [0.4, 0.5) is 0 Å². The van der Waals surface area contributed by atoms with Gasteiger partial charge in [0.05, 0.1) is 0 Å². The molecule has 1 saturated heterocycles. The highest BCUT2D eigenvalue weighted by atomic mass is 15.2. The van der Waals surface area contributed by atoms with Gasteiger partial charge in [0.15, 0.2) is 0 Å². The van der Waals surface area contributed by atoms with Crippen molar-refractivity contribution in [2.75, 3.05) is 40.3 Å². The average molecular weight is 199 g/mol. The molecule has 0 amide bonds. The Hall–Kier alpha value is -0.120. The van der Waals surface area contributed by atoms with E-state index in [-0.39, 0.29) is 0 Å². The van der Waals surface area contributed by atoms with Crippen molar-refractivity contribution in [3.05, 3.63) is 0 Å². The largest absolute Gasteiger partial charge is 0.329 e. The van der Waals surface area contributed by atoms with Crippen LogP contribution < -0.4 is 5.73 Å². The van der Waals surface area contributed by atoms with Crippen LogP contribution >= 0.6 is 0 Å². The van der Waals surface area contributed by atoms with Gasteiger partial charge in [-0.2, -0.15) is 0 Å². The van der Waals surface area contributed by atoms with E-state index in [9.17, 15) is 0 Å². The van der Waals surface area contributed by atoms with Gasteiger partial charge in [0.25, 0.3) is 0 Å². The van der Waals surface area contributed by atoms with Crippen molar-refractivity contribution < 1.29 is 0 Å². The maximum Gasteiger partial charge on any atom is 0.0212 e. The number of nitrogens with two attached hydrogens (primary N) is 1. The highest BCUT2D eigenvalue weighted by molar-refractivity contribution is 4.78. The van der Waals surface area contributed by atoms with Crippen molar-refractivity contribution in [1.29, 1.82) is 0 Å². The van der Waals surface area contributed by atoms with Gasteiger partial charge in [-0.05, 0) is 39.4 Å². The lowest BCUT2D eigenvalue weighted by Crippen LogP contribution is -2.40. The van der Waals surface area contributed by atoms with Gasteiger partial charge in [-0.1, -0.05) is 6.92 Å². The molecule has 1 heterocycles. The van der Waals surface area contributed by atoms with E-state index in [1.54, 1.807) is 0 Å². The van der Waals surface area contributed by atoms with E-state index in [2.05, 4.69) is 30.8 Å². The van der Waals surface area contributed by atoms with Crippen molar-refractivity contribution in [2.45, 2.75) is 25.8 Å². The summed E-state index contributed by atoms with van der Waals surface area (Å²) in [5, 5.41) is 0. The Kier molecular flexibility index (Phi) is 4.85. The minimum Gasteiger partial charge on any atom is -0.329 e. The number of likely N-dealkylation sites (N-methyl/N-ethyl adjacent to an activating group) is 1. The molecule has 0 saturated carbocycles. The molecule has 2 unspecified atom stereocenters. The quantitative estimate of drug-likeness (QED) is 0.704. The Balaban J connectivity index is 2.28. The van der Waals surface area contributed by atoms with Crippen LogP contribution in [-0.2, 0) is 0 Å². The molecule has 2 atom stereocenters. The fraction of sp³-hybridized carbons (Fsp3) is 1.00. The molecule has 0 radical (unpaired) electrons. The number of hydrogen-bond acceptors (Lipinski definition) is 3. The molecule has 1 rings (SSSR count). The van der Waals surface area contributed by atoms with Gasteiger partial charge in [0.2, 0.25) is 0 Å². The molecule has 14 heavy (non-hydrogen) atoms. The molecule has 1 aliphatic heterocycles. The van der Waals surface area contributed by atoms with E-state index in [1.165, 1.54) is 26.1 Å². The molecule has 3 nitrogen and oxygen atoms in total. The molecule has 3 heteroatoms. The summed E-state index contributed by atoms with van der Waals surface area (Å²) in [6, 6.07) is 0.570. The maximum absolute atomic E-state index is 5.73. The first-order valence-electron chi connectivity index (χ1n) is 5.76. The zero-order valence-electron chi connectivity index (χ0n) is 9.87. The Morgan fingerprint density at radius 1 is 1.57 bits per heavy atom. The van der Waals surface area contributed by atoms with Gasteiger partial charge in [-0.15, -0.1) is 0 Å². The Morgan fingerprint density at radius 3 is 2.71 bits per heavy atom. The minimum absolute atomic E-state index is 0.570. The van der Waals surface area contributed by atoms with Crippen molar-refractivity contribution in [2.24, 2.45) is 11.7 Å². The van der Waals surface area contributed by atoms with Crippen LogP contribution in [0.1, 0.15) is 19.8 Å². The van der Waals surface area contributed by atoms with Crippen LogP contribution in [0.3, 0.4) is 0 Å². The first kappa shape index (κ1) is 12.0. The Labute approximate surface area is 88.2 Å². The fourth-order valence-electron chi connectivity index (χ4n) is 2.39. The number of hydrogen-bond donors (Lipinski definition) is 1. The van der Waals surface area contributed by atoms with Gasteiger partial charge in [-0.25, -0.2) is 0 Å². The molecule has 1 aliphatic rings. The zero-order chi connectivity index (χ0) is 10.6. The lowest BCUT2D eigenvalue weighted by molar-refractivity contribution is 0.205. The minimum atomic E-state index is 0.570. The summed E-state index contributed by atoms with van der Waals surface area (Å²) < 4.78 is 0. The van der Waals surface area contributed by atoms with Crippen LogP contribution in [0.2, 0.25) is 0 Å². The van der Waals surface area contributed by atoms with Gasteiger partial charge in [-0.3, -0.25) is 0 Å². The first-order valence-corrected chi connectivity index (χ1v) is 5.76. The molecule has 0 bridgehead atoms. The molecule has 84 valence electrons. The van der Waals surface area contributed by atoms with E-state index >= 15 is 0 Å². The summed E-state index contributed by atoms with van der Waals surface area (Å²) in [6.45, 7) is 6.73. The van der Waals surface area contributed by atoms with Crippen LogP contribution in [0.5, 0.6) is 0 Å². The molecule has 1 fully saturated rings. The monoisotopic (exact) mass is 199 g/mol. The van der Waals surface area contributed by atoms with Crippen LogP contribution in [0, 0.1) is 5.92 Å². The molecule has 0 aliphatic carbocycles. The van der Waals surface area contributed by atoms with Crippen molar-refractivity contribution >= 4 is 0 Å². The van der Waals surface area contributed by atoms with Crippen molar-refractivity contribution in [1.82, 2.24) is 9.80 Å². The molecular weight excluding hydrogens is 174 g/mol.